The Morgan fingerprint density at radius 3 is 2.81 bits per heavy atom. The van der Waals surface area contributed by atoms with Crippen LogP contribution in [-0.2, 0) is 14.3 Å². The summed E-state index contributed by atoms with van der Waals surface area (Å²) >= 11 is 1.19. The maximum atomic E-state index is 11.4. The SMILES string of the molecule is CCOC(=O)CSc1ncn(-c2nc(NC)nc(N3CCOCC3)n2)n1. The van der Waals surface area contributed by atoms with Gasteiger partial charge in [0.1, 0.15) is 6.33 Å². The van der Waals surface area contributed by atoms with Crippen molar-refractivity contribution in [2.24, 2.45) is 0 Å². The summed E-state index contributed by atoms with van der Waals surface area (Å²) in [4.78, 5) is 30.8. The molecule has 0 unspecified atom stereocenters. The summed E-state index contributed by atoms with van der Waals surface area (Å²) in [7, 11) is 1.74. The van der Waals surface area contributed by atoms with E-state index in [2.05, 4.69) is 30.4 Å². The molecule has 1 aliphatic rings. The summed E-state index contributed by atoms with van der Waals surface area (Å²) in [6.07, 6.45) is 1.51. The van der Waals surface area contributed by atoms with Crippen LogP contribution in [-0.4, -0.2) is 81.4 Å². The highest BCUT2D eigenvalue weighted by molar-refractivity contribution is 7.99. The lowest BCUT2D eigenvalue weighted by Crippen LogP contribution is -2.37. The van der Waals surface area contributed by atoms with Gasteiger partial charge in [-0.15, -0.1) is 5.10 Å². The van der Waals surface area contributed by atoms with E-state index in [4.69, 9.17) is 9.47 Å². The highest BCUT2D eigenvalue weighted by Gasteiger charge is 2.18. The minimum Gasteiger partial charge on any atom is -0.465 e. The fraction of sp³-hybridized carbons (Fsp3) is 0.571. The first-order chi connectivity index (χ1) is 12.7. The molecule has 12 heteroatoms. The van der Waals surface area contributed by atoms with Gasteiger partial charge in [-0.25, -0.2) is 4.98 Å². The van der Waals surface area contributed by atoms with Gasteiger partial charge in [0.25, 0.3) is 5.95 Å². The number of hydrogen-bond acceptors (Lipinski definition) is 11. The van der Waals surface area contributed by atoms with Gasteiger partial charge < -0.3 is 19.7 Å². The molecule has 0 amide bonds. The predicted octanol–water partition coefficient (Wildman–Crippen LogP) is -0.0142. The summed E-state index contributed by atoms with van der Waals surface area (Å²) in [6, 6.07) is 0. The van der Waals surface area contributed by atoms with E-state index in [0.29, 0.717) is 55.9 Å². The van der Waals surface area contributed by atoms with Crippen molar-refractivity contribution in [3.63, 3.8) is 0 Å². The number of nitrogens with zero attached hydrogens (tertiary/aromatic N) is 7. The Kier molecular flexibility index (Phi) is 6.17. The van der Waals surface area contributed by atoms with Crippen molar-refractivity contribution in [2.75, 3.05) is 55.9 Å². The minimum atomic E-state index is -0.305. The number of esters is 1. The summed E-state index contributed by atoms with van der Waals surface area (Å²) in [6.45, 7) is 4.81. The molecule has 0 atom stereocenters. The molecule has 0 spiro atoms. The van der Waals surface area contributed by atoms with Crippen molar-refractivity contribution in [1.29, 1.82) is 0 Å². The molecule has 1 fully saturated rings. The van der Waals surface area contributed by atoms with Crippen LogP contribution in [0.25, 0.3) is 5.95 Å². The first kappa shape index (κ1) is 18.3. The molecule has 0 saturated carbocycles. The Morgan fingerprint density at radius 2 is 2.08 bits per heavy atom. The first-order valence-corrected chi connectivity index (χ1v) is 9.15. The van der Waals surface area contributed by atoms with Crippen LogP contribution in [0, 0.1) is 0 Å². The number of anilines is 2. The van der Waals surface area contributed by atoms with Crippen molar-refractivity contribution in [1.82, 2.24) is 29.7 Å². The van der Waals surface area contributed by atoms with Gasteiger partial charge in [0.15, 0.2) is 0 Å². The molecule has 3 rings (SSSR count). The second-order valence-electron chi connectivity index (χ2n) is 5.17. The molecule has 0 aromatic carbocycles. The molecule has 140 valence electrons. The van der Waals surface area contributed by atoms with Crippen molar-refractivity contribution < 1.29 is 14.3 Å². The molecule has 11 nitrogen and oxygen atoms in total. The van der Waals surface area contributed by atoms with Gasteiger partial charge in [0, 0.05) is 20.1 Å². The lowest BCUT2D eigenvalue weighted by atomic mass is 10.4. The van der Waals surface area contributed by atoms with Crippen LogP contribution in [0.5, 0.6) is 0 Å². The lowest BCUT2D eigenvalue weighted by Gasteiger charge is -2.26. The molecular weight excluding hydrogens is 360 g/mol. The largest absolute Gasteiger partial charge is 0.465 e. The van der Waals surface area contributed by atoms with Crippen molar-refractivity contribution >= 4 is 29.6 Å². The third-order valence-corrected chi connectivity index (χ3v) is 4.25. The second-order valence-corrected chi connectivity index (χ2v) is 6.12. The van der Waals surface area contributed by atoms with E-state index in [0.717, 1.165) is 0 Å². The molecule has 1 N–H and O–H groups in total. The number of ether oxygens (including phenoxy) is 2. The summed E-state index contributed by atoms with van der Waals surface area (Å²) in [5, 5.41) is 7.68. The molecule has 1 aliphatic heterocycles. The number of rotatable bonds is 7. The van der Waals surface area contributed by atoms with Crippen LogP contribution < -0.4 is 10.2 Å². The van der Waals surface area contributed by atoms with E-state index in [-0.39, 0.29) is 11.7 Å². The quantitative estimate of drug-likeness (QED) is 0.515. The topological polar surface area (TPSA) is 120 Å². The third kappa shape index (κ3) is 4.58. The van der Waals surface area contributed by atoms with Gasteiger partial charge in [-0.1, -0.05) is 11.8 Å². The van der Waals surface area contributed by atoms with Crippen LogP contribution >= 0.6 is 11.8 Å². The van der Waals surface area contributed by atoms with E-state index in [1.165, 1.54) is 22.8 Å². The van der Waals surface area contributed by atoms with Gasteiger partial charge in [-0.05, 0) is 6.92 Å². The minimum absolute atomic E-state index is 0.149. The Hall–Kier alpha value is -2.47. The maximum absolute atomic E-state index is 11.4. The summed E-state index contributed by atoms with van der Waals surface area (Å²) < 4.78 is 11.7. The Bertz CT molecular complexity index is 750. The standard InChI is InChI=1S/C14H20N8O3S/c1-3-25-10(23)8-26-14-16-9-22(20-14)13-18-11(15-2)17-12(19-13)21-4-6-24-7-5-21/h9H,3-8H2,1-2H3,(H,15,17,18,19). The number of thioether (sulfide) groups is 1. The van der Waals surface area contributed by atoms with Gasteiger partial charge in [0.05, 0.1) is 25.6 Å². The number of hydrogen-bond donors (Lipinski definition) is 1. The van der Waals surface area contributed by atoms with Gasteiger partial charge in [-0.3, -0.25) is 4.79 Å². The molecule has 0 radical (unpaired) electrons. The number of aromatic nitrogens is 6. The molecular formula is C14H20N8O3S. The van der Waals surface area contributed by atoms with E-state index in [9.17, 15) is 4.79 Å². The van der Waals surface area contributed by atoms with Crippen LogP contribution in [0.15, 0.2) is 11.5 Å². The van der Waals surface area contributed by atoms with Crippen molar-refractivity contribution in [2.45, 2.75) is 12.1 Å². The van der Waals surface area contributed by atoms with E-state index in [1.807, 2.05) is 4.90 Å². The molecule has 0 aliphatic carbocycles. The third-order valence-electron chi connectivity index (χ3n) is 3.43. The zero-order chi connectivity index (χ0) is 18.4. The zero-order valence-electron chi connectivity index (χ0n) is 14.6. The van der Waals surface area contributed by atoms with Gasteiger partial charge >= 0.3 is 5.97 Å². The van der Waals surface area contributed by atoms with Crippen LogP contribution in [0.3, 0.4) is 0 Å². The molecule has 3 heterocycles. The molecule has 2 aromatic heterocycles. The molecule has 2 aromatic rings. The van der Waals surface area contributed by atoms with Crippen molar-refractivity contribution in [3.8, 4) is 5.95 Å². The van der Waals surface area contributed by atoms with Gasteiger partial charge in [-0.2, -0.15) is 19.6 Å². The van der Waals surface area contributed by atoms with Crippen LogP contribution in [0.4, 0.5) is 11.9 Å². The average molecular weight is 380 g/mol. The second kappa shape index (κ2) is 8.76. The highest BCUT2D eigenvalue weighted by Crippen LogP contribution is 2.16. The number of carbonyl (C=O) groups is 1. The predicted molar refractivity (Wildman–Crippen MR) is 94.7 cm³/mol. The maximum Gasteiger partial charge on any atom is 0.316 e. The number of morpholine rings is 1. The Labute approximate surface area is 154 Å². The van der Waals surface area contributed by atoms with Crippen molar-refractivity contribution in [3.05, 3.63) is 6.33 Å². The Balaban J connectivity index is 1.76. The number of carbonyl (C=O) groups excluding carboxylic acids is 1. The first-order valence-electron chi connectivity index (χ1n) is 8.16. The molecule has 26 heavy (non-hydrogen) atoms. The fourth-order valence-corrected chi connectivity index (χ4v) is 2.81. The lowest BCUT2D eigenvalue weighted by molar-refractivity contribution is -0.139. The summed E-state index contributed by atoms with van der Waals surface area (Å²) in [5.74, 6) is 1.18. The smallest absolute Gasteiger partial charge is 0.316 e. The summed E-state index contributed by atoms with van der Waals surface area (Å²) in [5.41, 5.74) is 0. The zero-order valence-corrected chi connectivity index (χ0v) is 15.4. The number of nitrogens with one attached hydrogen (secondary N) is 1. The van der Waals surface area contributed by atoms with Gasteiger partial charge in [0.2, 0.25) is 17.1 Å². The van der Waals surface area contributed by atoms with E-state index >= 15 is 0 Å². The van der Waals surface area contributed by atoms with Crippen LogP contribution in [0.1, 0.15) is 6.92 Å². The molecule has 0 bridgehead atoms. The Morgan fingerprint density at radius 1 is 1.31 bits per heavy atom. The van der Waals surface area contributed by atoms with E-state index < -0.39 is 0 Å². The average Bonchev–Trinajstić information content (AvgIpc) is 3.16. The fourth-order valence-electron chi connectivity index (χ4n) is 2.21. The van der Waals surface area contributed by atoms with Crippen LogP contribution in [0.2, 0.25) is 0 Å². The normalized spacial score (nSPS) is 14.3. The monoisotopic (exact) mass is 380 g/mol. The van der Waals surface area contributed by atoms with E-state index in [1.54, 1.807) is 14.0 Å². The molecule has 1 saturated heterocycles. The highest BCUT2D eigenvalue weighted by atomic mass is 32.2.